The average molecular weight is 235 g/mol. The SMILES string of the molecule is NC(=CC(=O)c1ccccc1)CC(CO)CO. The summed E-state index contributed by atoms with van der Waals surface area (Å²) in [6.07, 6.45) is 1.65. The van der Waals surface area contributed by atoms with Gasteiger partial charge in [0.05, 0.1) is 0 Å². The number of benzene rings is 1. The van der Waals surface area contributed by atoms with Gasteiger partial charge >= 0.3 is 0 Å². The zero-order valence-corrected chi connectivity index (χ0v) is 9.54. The Labute approximate surface area is 100 Å². The van der Waals surface area contributed by atoms with Crippen LogP contribution >= 0.6 is 0 Å². The fraction of sp³-hybridized carbons (Fsp3) is 0.308. The smallest absolute Gasteiger partial charge is 0.187 e. The molecule has 92 valence electrons. The summed E-state index contributed by atoms with van der Waals surface area (Å²) in [4.78, 5) is 11.7. The highest BCUT2D eigenvalue weighted by Gasteiger charge is 2.09. The average Bonchev–Trinajstić information content (AvgIpc) is 2.37. The van der Waals surface area contributed by atoms with E-state index in [0.717, 1.165) is 0 Å². The van der Waals surface area contributed by atoms with Crippen LogP contribution < -0.4 is 5.73 Å². The van der Waals surface area contributed by atoms with Gasteiger partial charge in [-0.25, -0.2) is 0 Å². The molecule has 0 saturated carbocycles. The maximum atomic E-state index is 11.7. The van der Waals surface area contributed by atoms with Gasteiger partial charge in [0, 0.05) is 36.5 Å². The Hall–Kier alpha value is -1.65. The molecule has 1 aromatic carbocycles. The number of aliphatic hydroxyl groups is 2. The maximum Gasteiger partial charge on any atom is 0.187 e. The Morgan fingerprint density at radius 2 is 1.82 bits per heavy atom. The Morgan fingerprint density at radius 1 is 1.24 bits per heavy atom. The molecule has 4 nitrogen and oxygen atoms in total. The van der Waals surface area contributed by atoms with Crippen LogP contribution in [-0.4, -0.2) is 29.2 Å². The van der Waals surface area contributed by atoms with Gasteiger partial charge in [0.2, 0.25) is 0 Å². The molecule has 0 aliphatic rings. The summed E-state index contributed by atoms with van der Waals surface area (Å²) in [5.41, 5.74) is 6.62. The van der Waals surface area contributed by atoms with Gasteiger partial charge in [-0.05, 0) is 6.42 Å². The first kappa shape index (κ1) is 13.4. The van der Waals surface area contributed by atoms with Crippen LogP contribution in [0.5, 0.6) is 0 Å². The monoisotopic (exact) mass is 235 g/mol. The van der Waals surface area contributed by atoms with Crippen LogP contribution in [0.15, 0.2) is 42.1 Å². The van der Waals surface area contributed by atoms with Crippen molar-refractivity contribution in [3.05, 3.63) is 47.7 Å². The van der Waals surface area contributed by atoms with E-state index in [1.165, 1.54) is 6.08 Å². The summed E-state index contributed by atoms with van der Waals surface area (Å²) in [5, 5.41) is 17.8. The fourth-order valence-electron chi connectivity index (χ4n) is 1.43. The summed E-state index contributed by atoms with van der Waals surface area (Å²) in [7, 11) is 0. The fourth-order valence-corrected chi connectivity index (χ4v) is 1.43. The molecule has 17 heavy (non-hydrogen) atoms. The molecule has 0 saturated heterocycles. The lowest BCUT2D eigenvalue weighted by atomic mass is 10.0. The summed E-state index contributed by atoms with van der Waals surface area (Å²) < 4.78 is 0. The van der Waals surface area contributed by atoms with Crippen LogP contribution in [0.2, 0.25) is 0 Å². The van der Waals surface area contributed by atoms with Gasteiger partial charge in [-0.15, -0.1) is 0 Å². The van der Waals surface area contributed by atoms with Crippen molar-refractivity contribution in [3.63, 3.8) is 0 Å². The zero-order chi connectivity index (χ0) is 12.7. The highest BCUT2D eigenvalue weighted by molar-refractivity contribution is 6.04. The Balaban J connectivity index is 2.66. The van der Waals surface area contributed by atoms with Crippen LogP contribution in [0.3, 0.4) is 0 Å². The standard InChI is InChI=1S/C13H17NO3/c14-12(6-10(8-15)9-16)7-13(17)11-4-2-1-3-5-11/h1-5,7,10,15-16H,6,8-9,14H2. The quantitative estimate of drug-likeness (QED) is 0.500. The second-order valence-corrected chi connectivity index (χ2v) is 3.88. The molecule has 0 spiro atoms. The number of ketones is 1. The van der Waals surface area contributed by atoms with E-state index in [2.05, 4.69) is 0 Å². The number of carbonyl (C=O) groups is 1. The lowest BCUT2D eigenvalue weighted by Gasteiger charge is -2.10. The molecule has 0 aliphatic heterocycles. The van der Waals surface area contributed by atoms with E-state index in [1.807, 2.05) is 6.07 Å². The van der Waals surface area contributed by atoms with E-state index in [0.29, 0.717) is 17.7 Å². The van der Waals surface area contributed by atoms with E-state index >= 15 is 0 Å². The van der Waals surface area contributed by atoms with E-state index in [-0.39, 0.29) is 24.9 Å². The summed E-state index contributed by atoms with van der Waals surface area (Å²) in [5.74, 6) is -0.479. The predicted molar refractivity (Wildman–Crippen MR) is 65.3 cm³/mol. The second kappa shape index (κ2) is 6.83. The minimum Gasteiger partial charge on any atom is -0.402 e. The van der Waals surface area contributed by atoms with Crippen LogP contribution in [0, 0.1) is 5.92 Å². The Morgan fingerprint density at radius 3 is 2.35 bits per heavy atom. The molecule has 4 N–H and O–H groups in total. The molecule has 0 atom stereocenters. The molecule has 0 aromatic heterocycles. The number of aliphatic hydroxyl groups excluding tert-OH is 2. The van der Waals surface area contributed by atoms with Gasteiger partial charge in [-0.2, -0.15) is 0 Å². The Bertz CT molecular complexity index is 383. The second-order valence-electron chi connectivity index (χ2n) is 3.88. The minimum absolute atomic E-state index is 0.148. The van der Waals surface area contributed by atoms with Crippen LogP contribution in [0.4, 0.5) is 0 Å². The van der Waals surface area contributed by atoms with Crippen molar-refractivity contribution in [1.82, 2.24) is 0 Å². The van der Waals surface area contributed by atoms with Crippen molar-refractivity contribution >= 4 is 5.78 Å². The number of carbonyl (C=O) groups excluding carboxylic acids is 1. The molecule has 0 heterocycles. The third-order valence-corrected chi connectivity index (χ3v) is 2.42. The van der Waals surface area contributed by atoms with Crippen LogP contribution in [0.1, 0.15) is 16.8 Å². The van der Waals surface area contributed by atoms with Crippen LogP contribution in [0.25, 0.3) is 0 Å². The summed E-state index contributed by atoms with van der Waals surface area (Å²) in [6, 6.07) is 8.81. The first-order valence-corrected chi connectivity index (χ1v) is 5.44. The van der Waals surface area contributed by atoms with E-state index in [9.17, 15) is 4.79 Å². The topological polar surface area (TPSA) is 83.6 Å². The Kier molecular flexibility index (Phi) is 5.39. The molecule has 0 fully saturated rings. The lowest BCUT2D eigenvalue weighted by molar-refractivity contribution is 0.104. The van der Waals surface area contributed by atoms with E-state index in [1.54, 1.807) is 24.3 Å². The van der Waals surface area contributed by atoms with Crippen molar-refractivity contribution in [2.45, 2.75) is 6.42 Å². The lowest BCUT2D eigenvalue weighted by Crippen LogP contribution is -2.15. The molecule has 1 aromatic rings. The molecule has 0 unspecified atom stereocenters. The highest BCUT2D eigenvalue weighted by atomic mass is 16.3. The van der Waals surface area contributed by atoms with Gasteiger partial charge in [-0.3, -0.25) is 4.79 Å². The predicted octanol–water partition coefficient (Wildman–Crippen LogP) is 0.703. The third kappa shape index (κ3) is 4.38. The van der Waals surface area contributed by atoms with E-state index in [4.69, 9.17) is 15.9 Å². The highest BCUT2D eigenvalue weighted by Crippen LogP contribution is 2.08. The van der Waals surface area contributed by atoms with Crippen molar-refractivity contribution in [1.29, 1.82) is 0 Å². The molecule has 0 radical (unpaired) electrons. The van der Waals surface area contributed by atoms with Crippen molar-refractivity contribution in [2.75, 3.05) is 13.2 Å². The maximum absolute atomic E-state index is 11.7. The van der Waals surface area contributed by atoms with Crippen molar-refractivity contribution in [3.8, 4) is 0 Å². The first-order valence-electron chi connectivity index (χ1n) is 5.44. The molecule has 0 aliphatic carbocycles. The van der Waals surface area contributed by atoms with Gasteiger partial charge < -0.3 is 15.9 Å². The third-order valence-electron chi connectivity index (χ3n) is 2.42. The van der Waals surface area contributed by atoms with Gasteiger partial charge in [0.15, 0.2) is 5.78 Å². The normalized spacial score (nSPS) is 11.8. The summed E-state index contributed by atoms with van der Waals surface area (Å²) >= 11 is 0. The van der Waals surface area contributed by atoms with E-state index < -0.39 is 0 Å². The van der Waals surface area contributed by atoms with Crippen LogP contribution in [-0.2, 0) is 0 Å². The molecular weight excluding hydrogens is 218 g/mol. The van der Waals surface area contributed by atoms with Gasteiger partial charge in [0.1, 0.15) is 0 Å². The summed E-state index contributed by atoms with van der Waals surface area (Å²) in [6.45, 7) is -0.296. The number of nitrogens with two attached hydrogens (primary N) is 1. The number of hydrogen-bond donors (Lipinski definition) is 3. The van der Waals surface area contributed by atoms with Crippen molar-refractivity contribution in [2.24, 2.45) is 11.7 Å². The molecule has 1 rings (SSSR count). The van der Waals surface area contributed by atoms with Crippen molar-refractivity contribution < 1.29 is 15.0 Å². The molecule has 0 amide bonds. The number of rotatable bonds is 6. The largest absolute Gasteiger partial charge is 0.402 e. The number of hydrogen-bond acceptors (Lipinski definition) is 4. The number of allylic oxidation sites excluding steroid dienone is 2. The van der Waals surface area contributed by atoms with Gasteiger partial charge in [0.25, 0.3) is 0 Å². The molecular formula is C13H17NO3. The first-order chi connectivity index (χ1) is 8.17. The zero-order valence-electron chi connectivity index (χ0n) is 9.54. The molecule has 0 bridgehead atoms. The molecule has 4 heteroatoms. The van der Waals surface area contributed by atoms with Gasteiger partial charge in [-0.1, -0.05) is 30.3 Å². The minimum atomic E-state index is -0.310.